The van der Waals surface area contributed by atoms with E-state index >= 15 is 0 Å². The van der Waals surface area contributed by atoms with E-state index in [2.05, 4.69) is 50.7 Å². The number of furan rings is 1. The summed E-state index contributed by atoms with van der Waals surface area (Å²) in [4.78, 5) is 13.2. The Labute approximate surface area is 195 Å². The molecule has 0 aliphatic heterocycles. The number of hydrogen-bond acceptors (Lipinski definition) is 7. The highest BCUT2D eigenvalue weighted by Crippen LogP contribution is 2.33. The molecule has 8 heteroatoms. The predicted octanol–water partition coefficient (Wildman–Crippen LogP) is 5.25. The van der Waals surface area contributed by atoms with Gasteiger partial charge in [0.15, 0.2) is 5.58 Å². The van der Waals surface area contributed by atoms with E-state index in [9.17, 15) is 0 Å². The predicted molar refractivity (Wildman–Crippen MR) is 132 cm³/mol. The molecule has 0 atom stereocenters. The Morgan fingerprint density at radius 1 is 1.26 bits per heavy atom. The summed E-state index contributed by atoms with van der Waals surface area (Å²) >= 11 is 3.56. The first-order valence-corrected chi connectivity index (χ1v) is 11.8. The Hall–Kier alpha value is -1.95. The van der Waals surface area contributed by atoms with E-state index in [-0.39, 0.29) is 0 Å². The molecule has 0 aromatic carbocycles. The maximum absolute atomic E-state index is 8.86. The summed E-state index contributed by atoms with van der Waals surface area (Å²) in [5.41, 5.74) is 0.637. The van der Waals surface area contributed by atoms with Gasteiger partial charge in [-0.15, -0.1) is 0 Å². The van der Waals surface area contributed by atoms with Gasteiger partial charge in [-0.25, -0.2) is 4.98 Å². The van der Waals surface area contributed by atoms with Crippen LogP contribution in [0.25, 0.3) is 11.0 Å². The second-order valence-corrected chi connectivity index (χ2v) is 7.74. The van der Waals surface area contributed by atoms with E-state index in [1.165, 1.54) is 45.4 Å². The summed E-state index contributed by atoms with van der Waals surface area (Å²) in [5.74, 6) is 1.15. The maximum Gasteiger partial charge on any atom is 0.204 e. The highest BCUT2D eigenvalue weighted by atomic mass is 79.9. The van der Waals surface area contributed by atoms with Crippen LogP contribution in [0.3, 0.4) is 0 Å². The summed E-state index contributed by atoms with van der Waals surface area (Å²) in [6.07, 6.45) is 9.94. The fourth-order valence-corrected chi connectivity index (χ4v) is 3.35. The average Bonchev–Trinajstić information content (AvgIpc) is 3.23. The van der Waals surface area contributed by atoms with Crippen LogP contribution in [-0.4, -0.2) is 44.5 Å². The SMILES string of the molecule is CC=O.CCCNC.CCNC.N#Cc1cc2c(Br)c(NC3CCCCC3)ncc2o1. The quantitative estimate of drug-likeness (QED) is 0.486. The van der Waals surface area contributed by atoms with Crippen LogP contribution in [0, 0.1) is 11.3 Å². The lowest BCUT2D eigenvalue weighted by atomic mass is 9.95. The number of pyridine rings is 1. The lowest BCUT2D eigenvalue weighted by Gasteiger charge is -2.23. The molecule has 1 aliphatic rings. The molecule has 0 saturated heterocycles. The van der Waals surface area contributed by atoms with Crippen LogP contribution in [0.1, 0.15) is 65.1 Å². The van der Waals surface area contributed by atoms with Crippen molar-refractivity contribution in [2.75, 3.05) is 32.5 Å². The molecule has 1 fully saturated rings. The standard InChI is InChI=1S/C14H14BrN3O.C4H11N.C3H9N.C2H4O/c15-13-11-6-10(7-16)19-12(11)8-17-14(13)18-9-4-2-1-3-5-9;1-3-4-5-2;1-3-4-2;1-2-3/h6,8-9H,1-5H2,(H,17,18);5H,3-4H2,1-2H3;4H,3H2,1-2H3;2H,1H3. The van der Waals surface area contributed by atoms with Gasteiger partial charge in [-0.2, -0.15) is 5.26 Å². The molecule has 1 aliphatic carbocycles. The van der Waals surface area contributed by atoms with Crippen LogP contribution >= 0.6 is 15.9 Å². The molecule has 2 aromatic heterocycles. The summed E-state index contributed by atoms with van der Waals surface area (Å²) in [6, 6.07) is 4.25. The number of nitriles is 1. The van der Waals surface area contributed by atoms with E-state index in [0.717, 1.165) is 35.1 Å². The van der Waals surface area contributed by atoms with Gasteiger partial charge in [0.2, 0.25) is 5.76 Å². The zero-order chi connectivity index (χ0) is 23.5. The Kier molecular flexibility index (Phi) is 17.6. The molecular weight excluding hydrogens is 458 g/mol. The summed E-state index contributed by atoms with van der Waals surface area (Å²) in [6.45, 7) is 7.87. The monoisotopic (exact) mass is 495 g/mol. The zero-order valence-electron chi connectivity index (χ0n) is 19.6. The number of nitrogens with zero attached hydrogens (tertiary/aromatic N) is 2. The fraction of sp³-hybridized carbons (Fsp3) is 0.609. The third-order valence-corrected chi connectivity index (χ3v) is 5.23. The molecule has 2 aromatic rings. The minimum Gasteiger partial charge on any atom is -0.444 e. The number of nitrogens with one attached hydrogen (secondary N) is 3. The molecule has 0 spiro atoms. The maximum atomic E-state index is 8.86. The van der Waals surface area contributed by atoms with Crippen molar-refractivity contribution < 1.29 is 9.21 Å². The zero-order valence-corrected chi connectivity index (χ0v) is 21.1. The molecule has 0 bridgehead atoms. The number of halogens is 1. The second kappa shape index (κ2) is 18.8. The van der Waals surface area contributed by atoms with Crippen molar-refractivity contribution in [1.82, 2.24) is 15.6 Å². The van der Waals surface area contributed by atoms with Crippen molar-refractivity contribution in [3.63, 3.8) is 0 Å². The number of hydrogen-bond donors (Lipinski definition) is 3. The smallest absolute Gasteiger partial charge is 0.204 e. The van der Waals surface area contributed by atoms with E-state index in [4.69, 9.17) is 14.5 Å². The molecule has 2 heterocycles. The number of carbonyl (C=O) groups excluding carboxylic acids is 1. The highest BCUT2D eigenvalue weighted by molar-refractivity contribution is 9.10. The number of aromatic nitrogens is 1. The number of fused-ring (bicyclic) bond motifs is 1. The minimum absolute atomic E-state index is 0.312. The first-order chi connectivity index (χ1) is 15.0. The first-order valence-electron chi connectivity index (χ1n) is 11.0. The van der Waals surface area contributed by atoms with Gasteiger partial charge in [0, 0.05) is 17.5 Å². The van der Waals surface area contributed by atoms with Crippen molar-refractivity contribution in [2.24, 2.45) is 0 Å². The summed E-state index contributed by atoms with van der Waals surface area (Å²) < 4.78 is 6.24. The molecule has 174 valence electrons. The molecule has 0 radical (unpaired) electrons. The number of rotatable bonds is 5. The van der Waals surface area contributed by atoms with Crippen molar-refractivity contribution in [1.29, 1.82) is 5.26 Å². The largest absolute Gasteiger partial charge is 0.444 e. The van der Waals surface area contributed by atoms with Crippen LogP contribution < -0.4 is 16.0 Å². The van der Waals surface area contributed by atoms with E-state index in [0.29, 0.717) is 17.4 Å². The molecular formula is C23H38BrN5O2. The lowest BCUT2D eigenvalue weighted by molar-refractivity contribution is -0.106. The molecule has 3 rings (SSSR count). The van der Waals surface area contributed by atoms with Gasteiger partial charge in [-0.1, -0.05) is 33.1 Å². The van der Waals surface area contributed by atoms with Gasteiger partial charge in [-0.05, 0) is 69.3 Å². The normalized spacial score (nSPS) is 12.8. The van der Waals surface area contributed by atoms with Gasteiger partial charge in [0.25, 0.3) is 0 Å². The molecule has 31 heavy (non-hydrogen) atoms. The van der Waals surface area contributed by atoms with Crippen LogP contribution in [0.4, 0.5) is 5.82 Å². The van der Waals surface area contributed by atoms with Gasteiger partial charge < -0.3 is 25.2 Å². The number of anilines is 1. The second-order valence-electron chi connectivity index (χ2n) is 6.95. The van der Waals surface area contributed by atoms with Crippen molar-refractivity contribution in [2.45, 2.75) is 65.3 Å². The average molecular weight is 496 g/mol. The number of aldehydes is 1. The van der Waals surface area contributed by atoms with Crippen molar-refractivity contribution in [3.05, 3.63) is 22.5 Å². The Bertz CT molecular complexity index is 763. The Balaban J connectivity index is 0.000000626. The van der Waals surface area contributed by atoms with Crippen LogP contribution in [0.15, 0.2) is 21.2 Å². The van der Waals surface area contributed by atoms with Crippen molar-refractivity contribution in [3.8, 4) is 6.07 Å². The van der Waals surface area contributed by atoms with Gasteiger partial charge >= 0.3 is 0 Å². The van der Waals surface area contributed by atoms with Crippen LogP contribution in [0.2, 0.25) is 0 Å². The third-order valence-electron chi connectivity index (χ3n) is 4.43. The fourth-order valence-electron chi connectivity index (χ4n) is 2.83. The van der Waals surface area contributed by atoms with Crippen LogP contribution in [0.5, 0.6) is 0 Å². The number of carbonyl (C=O) groups is 1. The van der Waals surface area contributed by atoms with Gasteiger partial charge in [-0.3, -0.25) is 0 Å². The first kappa shape index (κ1) is 29.1. The Morgan fingerprint density at radius 3 is 2.32 bits per heavy atom. The lowest BCUT2D eigenvalue weighted by Crippen LogP contribution is -2.23. The van der Waals surface area contributed by atoms with E-state index < -0.39 is 0 Å². The summed E-state index contributed by atoms with van der Waals surface area (Å²) in [5, 5.41) is 19.2. The molecule has 3 N–H and O–H groups in total. The summed E-state index contributed by atoms with van der Waals surface area (Å²) in [7, 11) is 3.89. The van der Waals surface area contributed by atoms with Gasteiger partial charge in [0.1, 0.15) is 18.2 Å². The highest BCUT2D eigenvalue weighted by Gasteiger charge is 2.17. The Morgan fingerprint density at radius 2 is 1.87 bits per heavy atom. The van der Waals surface area contributed by atoms with E-state index in [1.54, 1.807) is 12.3 Å². The third kappa shape index (κ3) is 11.9. The van der Waals surface area contributed by atoms with E-state index in [1.807, 2.05) is 20.2 Å². The topological polar surface area (TPSA) is 103 Å². The molecule has 7 nitrogen and oxygen atoms in total. The molecule has 1 saturated carbocycles. The minimum atomic E-state index is 0.312. The van der Waals surface area contributed by atoms with Crippen LogP contribution in [-0.2, 0) is 4.79 Å². The molecule has 0 amide bonds. The van der Waals surface area contributed by atoms with Crippen molar-refractivity contribution >= 4 is 39.0 Å². The molecule has 0 unspecified atom stereocenters. The van der Waals surface area contributed by atoms with Gasteiger partial charge in [0.05, 0.1) is 10.7 Å².